The normalized spacial score (nSPS) is 39.2. The van der Waals surface area contributed by atoms with Gasteiger partial charge in [-0.05, 0) is 43.9 Å². The highest BCUT2D eigenvalue weighted by atomic mass is 19.1. The molecule has 3 heteroatoms. The van der Waals surface area contributed by atoms with Gasteiger partial charge in [-0.1, -0.05) is 19.8 Å². The molecule has 0 aromatic heterocycles. The van der Waals surface area contributed by atoms with Crippen LogP contribution in [0, 0.1) is 11.8 Å². The van der Waals surface area contributed by atoms with Gasteiger partial charge in [0.15, 0.2) is 0 Å². The maximum atomic E-state index is 13.1. The van der Waals surface area contributed by atoms with E-state index in [0.29, 0.717) is 12.1 Å². The zero-order valence-electron chi connectivity index (χ0n) is 11.1. The maximum Gasteiger partial charge on any atom is 0.100 e. The minimum Gasteiger partial charge on any atom is -0.301 e. The fraction of sp³-hybridized carbons (Fsp3) is 1.00. The van der Waals surface area contributed by atoms with Gasteiger partial charge >= 0.3 is 0 Å². The van der Waals surface area contributed by atoms with Crippen LogP contribution < -0.4 is 10.6 Å². The van der Waals surface area contributed by atoms with Gasteiger partial charge in [-0.15, -0.1) is 0 Å². The van der Waals surface area contributed by atoms with Crippen molar-refractivity contribution in [2.24, 2.45) is 11.8 Å². The highest BCUT2D eigenvalue weighted by molar-refractivity contribution is 4.85. The van der Waals surface area contributed by atoms with E-state index in [1.165, 1.54) is 19.3 Å². The summed E-state index contributed by atoms with van der Waals surface area (Å²) >= 11 is 0. The Morgan fingerprint density at radius 2 is 1.71 bits per heavy atom. The largest absolute Gasteiger partial charge is 0.301 e. The molecule has 17 heavy (non-hydrogen) atoms. The Balaban J connectivity index is 1.68. The summed E-state index contributed by atoms with van der Waals surface area (Å²) in [5.41, 5.74) is 0. The summed E-state index contributed by atoms with van der Waals surface area (Å²) in [6.07, 6.45) is 7.50. The van der Waals surface area contributed by atoms with Gasteiger partial charge in [0.2, 0.25) is 0 Å². The SMILES string of the molecule is CCCCC1CNC(C2CCC(F)CC2)NC1. The molecular weight excluding hydrogens is 215 g/mol. The summed E-state index contributed by atoms with van der Waals surface area (Å²) in [6, 6.07) is 0. The van der Waals surface area contributed by atoms with Crippen molar-refractivity contribution in [2.45, 2.75) is 64.2 Å². The number of rotatable bonds is 4. The highest BCUT2D eigenvalue weighted by Gasteiger charge is 2.29. The Hall–Kier alpha value is -0.150. The van der Waals surface area contributed by atoms with Gasteiger partial charge < -0.3 is 10.6 Å². The molecule has 2 nitrogen and oxygen atoms in total. The van der Waals surface area contributed by atoms with Crippen molar-refractivity contribution in [1.82, 2.24) is 10.6 Å². The zero-order chi connectivity index (χ0) is 12.1. The van der Waals surface area contributed by atoms with Crippen molar-refractivity contribution >= 4 is 0 Å². The molecular formula is C14H27FN2. The van der Waals surface area contributed by atoms with E-state index < -0.39 is 6.17 Å². The smallest absolute Gasteiger partial charge is 0.100 e. The lowest BCUT2D eigenvalue weighted by molar-refractivity contribution is 0.141. The van der Waals surface area contributed by atoms with Gasteiger partial charge in [-0.25, -0.2) is 4.39 Å². The predicted molar refractivity (Wildman–Crippen MR) is 69.7 cm³/mol. The molecule has 1 heterocycles. The molecule has 2 rings (SSSR count). The molecule has 2 N–H and O–H groups in total. The van der Waals surface area contributed by atoms with Gasteiger partial charge in [-0.2, -0.15) is 0 Å². The second kappa shape index (κ2) is 6.69. The van der Waals surface area contributed by atoms with Crippen LogP contribution in [0.3, 0.4) is 0 Å². The number of nitrogens with one attached hydrogen (secondary N) is 2. The topological polar surface area (TPSA) is 24.1 Å². The number of alkyl halides is 1. The van der Waals surface area contributed by atoms with Crippen LogP contribution in [-0.4, -0.2) is 25.4 Å². The van der Waals surface area contributed by atoms with Gasteiger partial charge in [0.05, 0.1) is 6.17 Å². The van der Waals surface area contributed by atoms with Gasteiger partial charge in [0, 0.05) is 13.1 Å². The first kappa shape index (κ1) is 13.3. The minimum absolute atomic E-state index is 0.445. The molecule has 2 aliphatic rings. The monoisotopic (exact) mass is 242 g/mol. The number of unbranched alkanes of at least 4 members (excludes halogenated alkanes) is 1. The molecule has 0 bridgehead atoms. The second-order valence-corrected chi connectivity index (χ2v) is 5.81. The maximum absolute atomic E-state index is 13.1. The Kier molecular flexibility index (Phi) is 5.23. The number of halogens is 1. The third-order valence-electron chi connectivity index (χ3n) is 4.39. The van der Waals surface area contributed by atoms with Crippen LogP contribution in [0.15, 0.2) is 0 Å². The summed E-state index contributed by atoms with van der Waals surface area (Å²) in [5.74, 6) is 1.44. The Bertz CT molecular complexity index is 206. The number of hydrogen-bond acceptors (Lipinski definition) is 2. The van der Waals surface area contributed by atoms with E-state index >= 15 is 0 Å². The first-order chi connectivity index (χ1) is 8.29. The van der Waals surface area contributed by atoms with Gasteiger partial charge in [0.25, 0.3) is 0 Å². The summed E-state index contributed by atoms with van der Waals surface area (Å²) in [4.78, 5) is 0. The summed E-state index contributed by atoms with van der Waals surface area (Å²) < 4.78 is 13.1. The van der Waals surface area contributed by atoms with Crippen LogP contribution >= 0.6 is 0 Å². The summed E-state index contributed by atoms with van der Waals surface area (Å²) in [5, 5.41) is 7.26. The van der Waals surface area contributed by atoms with Crippen LogP contribution in [0.25, 0.3) is 0 Å². The van der Waals surface area contributed by atoms with Gasteiger partial charge in [-0.3, -0.25) is 0 Å². The fourth-order valence-corrected chi connectivity index (χ4v) is 3.17. The minimum atomic E-state index is -0.535. The third kappa shape index (κ3) is 3.92. The Morgan fingerprint density at radius 3 is 2.29 bits per heavy atom. The van der Waals surface area contributed by atoms with Crippen LogP contribution in [0.1, 0.15) is 51.9 Å². The molecule has 100 valence electrons. The first-order valence-electron chi connectivity index (χ1n) is 7.40. The molecule has 1 aliphatic heterocycles. The fourth-order valence-electron chi connectivity index (χ4n) is 3.17. The summed E-state index contributed by atoms with van der Waals surface area (Å²) in [6.45, 7) is 4.54. The van der Waals surface area contributed by atoms with Gasteiger partial charge in [0.1, 0.15) is 6.17 Å². The Morgan fingerprint density at radius 1 is 1.06 bits per heavy atom. The van der Waals surface area contributed by atoms with E-state index in [1.54, 1.807) is 0 Å². The average molecular weight is 242 g/mol. The summed E-state index contributed by atoms with van der Waals surface area (Å²) in [7, 11) is 0. The van der Waals surface area contributed by atoms with Crippen molar-refractivity contribution in [3.05, 3.63) is 0 Å². The van der Waals surface area contributed by atoms with Crippen LogP contribution in [0.4, 0.5) is 4.39 Å². The third-order valence-corrected chi connectivity index (χ3v) is 4.39. The predicted octanol–water partition coefficient (Wildman–Crippen LogP) is 2.84. The molecule has 0 aromatic rings. The average Bonchev–Trinajstić information content (AvgIpc) is 2.38. The van der Waals surface area contributed by atoms with E-state index in [0.717, 1.165) is 44.7 Å². The van der Waals surface area contributed by atoms with E-state index in [4.69, 9.17) is 0 Å². The second-order valence-electron chi connectivity index (χ2n) is 5.81. The molecule has 0 radical (unpaired) electrons. The van der Waals surface area contributed by atoms with Crippen molar-refractivity contribution < 1.29 is 4.39 Å². The lowest BCUT2D eigenvalue weighted by Gasteiger charge is -2.38. The standard InChI is InChI=1S/C14H27FN2/c1-2-3-4-11-9-16-14(17-10-11)12-5-7-13(15)8-6-12/h11-14,16-17H,2-10H2,1H3. The van der Waals surface area contributed by atoms with E-state index in [1.807, 2.05) is 0 Å². The molecule has 1 saturated heterocycles. The van der Waals surface area contributed by atoms with Crippen LogP contribution in [-0.2, 0) is 0 Å². The molecule has 0 aromatic carbocycles. The molecule has 0 atom stereocenters. The lowest BCUT2D eigenvalue weighted by Crippen LogP contribution is -2.56. The highest BCUT2D eigenvalue weighted by Crippen LogP contribution is 2.28. The number of hydrogen-bond donors (Lipinski definition) is 2. The van der Waals surface area contributed by atoms with Crippen molar-refractivity contribution in [2.75, 3.05) is 13.1 Å². The molecule has 0 amide bonds. The molecule has 0 spiro atoms. The molecule has 1 aliphatic carbocycles. The van der Waals surface area contributed by atoms with Crippen molar-refractivity contribution in [1.29, 1.82) is 0 Å². The van der Waals surface area contributed by atoms with Crippen LogP contribution in [0.2, 0.25) is 0 Å². The Labute approximate surface area is 105 Å². The molecule has 1 saturated carbocycles. The van der Waals surface area contributed by atoms with E-state index in [9.17, 15) is 4.39 Å². The molecule has 0 unspecified atom stereocenters. The van der Waals surface area contributed by atoms with E-state index in [-0.39, 0.29) is 0 Å². The quantitative estimate of drug-likeness (QED) is 0.792. The van der Waals surface area contributed by atoms with Crippen LogP contribution in [0.5, 0.6) is 0 Å². The zero-order valence-corrected chi connectivity index (χ0v) is 11.1. The molecule has 2 fully saturated rings. The van der Waals surface area contributed by atoms with E-state index in [2.05, 4.69) is 17.6 Å². The lowest BCUT2D eigenvalue weighted by atomic mass is 9.84. The van der Waals surface area contributed by atoms with Crippen molar-refractivity contribution in [3.63, 3.8) is 0 Å². The first-order valence-corrected chi connectivity index (χ1v) is 7.40. The van der Waals surface area contributed by atoms with Crippen molar-refractivity contribution in [3.8, 4) is 0 Å².